The average Bonchev–Trinajstić information content (AvgIpc) is 3.03. The van der Waals surface area contributed by atoms with Gasteiger partial charge in [0.1, 0.15) is 18.5 Å². The van der Waals surface area contributed by atoms with Crippen LogP contribution in [0.15, 0.2) is 49.2 Å². The maximum atomic E-state index is 11.9. The zero-order valence-electron chi connectivity index (χ0n) is 10.2. The Labute approximate surface area is 113 Å². The first-order valence-corrected chi connectivity index (χ1v) is 5.74. The van der Waals surface area contributed by atoms with E-state index in [1.807, 2.05) is 0 Å². The molecule has 3 rings (SSSR count). The lowest BCUT2D eigenvalue weighted by atomic mass is 10.3. The van der Waals surface area contributed by atoms with Crippen LogP contribution in [0.25, 0.3) is 5.82 Å². The number of hydrogen-bond acceptors (Lipinski definition) is 6. The topological polar surface area (TPSA) is 98.5 Å². The van der Waals surface area contributed by atoms with E-state index in [0.717, 1.165) is 0 Å². The second-order valence-electron chi connectivity index (χ2n) is 3.79. The van der Waals surface area contributed by atoms with E-state index in [1.54, 1.807) is 36.5 Å². The summed E-state index contributed by atoms with van der Waals surface area (Å²) in [7, 11) is 0. The van der Waals surface area contributed by atoms with Crippen LogP contribution in [0.1, 0.15) is 10.5 Å². The standard InChI is InChI=1S/C12H9N7O/c20-12(16-10-3-1-2-6-14-10)9-4-5-11(18-17-9)19-8-13-7-15-19/h1-8H,(H,14,16,20). The Morgan fingerprint density at radius 2 is 2.10 bits per heavy atom. The molecular formula is C12H9N7O. The zero-order valence-corrected chi connectivity index (χ0v) is 10.2. The molecule has 0 radical (unpaired) electrons. The van der Waals surface area contributed by atoms with Gasteiger partial charge in [0.2, 0.25) is 0 Å². The van der Waals surface area contributed by atoms with Crippen molar-refractivity contribution in [3.05, 3.63) is 54.9 Å². The Morgan fingerprint density at radius 3 is 2.75 bits per heavy atom. The Morgan fingerprint density at radius 1 is 1.15 bits per heavy atom. The highest BCUT2D eigenvalue weighted by molar-refractivity contribution is 6.02. The molecule has 0 aliphatic rings. The van der Waals surface area contributed by atoms with Gasteiger partial charge in [0.15, 0.2) is 11.5 Å². The summed E-state index contributed by atoms with van der Waals surface area (Å²) >= 11 is 0. The fourth-order valence-corrected chi connectivity index (χ4v) is 1.51. The second-order valence-corrected chi connectivity index (χ2v) is 3.79. The molecule has 0 saturated heterocycles. The fourth-order valence-electron chi connectivity index (χ4n) is 1.51. The fraction of sp³-hybridized carbons (Fsp3) is 0. The predicted molar refractivity (Wildman–Crippen MR) is 69.1 cm³/mol. The van der Waals surface area contributed by atoms with E-state index in [4.69, 9.17) is 0 Å². The highest BCUT2D eigenvalue weighted by Crippen LogP contribution is 2.05. The van der Waals surface area contributed by atoms with Crippen molar-refractivity contribution < 1.29 is 4.79 Å². The average molecular weight is 267 g/mol. The minimum atomic E-state index is -0.374. The first-order valence-electron chi connectivity index (χ1n) is 5.74. The third-order valence-corrected chi connectivity index (χ3v) is 2.44. The van der Waals surface area contributed by atoms with Gasteiger partial charge in [0.25, 0.3) is 5.91 Å². The molecule has 0 saturated carbocycles. The third kappa shape index (κ3) is 2.48. The van der Waals surface area contributed by atoms with Gasteiger partial charge in [-0.25, -0.2) is 14.6 Å². The number of anilines is 1. The lowest BCUT2D eigenvalue weighted by molar-refractivity contribution is 0.102. The highest BCUT2D eigenvalue weighted by Gasteiger charge is 2.09. The maximum absolute atomic E-state index is 11.9. The van der Waals surface area contributed by atoms with Crippen LogP contribution in [0.4, 0.5) is 5.82 Å². The van der Waals surface area contributed by atoms with Gasteiger partial charge in [-0.1, -0.05) is 6.07 Å². The largest absolute Gasteiger partial charge is 0.305 e. The SMILES string of the molecule is O=C(Nc1ccccn1)c1ccc(-n2cncn2)nn1. The molecule has 0 bridgehead atoms. The van der Waals surface area contributed by atoms with Crippen molar-refractivity contribution in [2.75, 3.05) is 5.32 Å². The number of nitrogens with zero attached hydrogens (tertiary/aromatic N) is 6. The molecule has 8 nitrogen and oxygen atoms in total. The van der Waals surface area contributed by atoms with Crippen LogP contribution < -0.4 is 5.32 Å². The van der Waals surface area contributed by atoms with E-state index in [1.165, 1.54) is 17.3 Å². The monoisotopic (exact) mass is 267 g/mol. The van der Waals surface area contributed by atoms with Crippen molar-refractivity contribution in [2.24, 2.45) is 0 Å². The number of nitrogens with one attached hydrogen (secondary N) is 1. The molecule has 0 fully saturated rings. The summed E-state index contributed by atoms with van der Waals surface area (Å²) in [6.45, 7) is 0. The van der Waals surface area contributed by atoms with Crippen LogP contribution in [-0.4, -0.2) is 35.9 Å². The van der Waals surface area contributed by atoms with E-state index >= 15 is 0 Å². The molecule has 1 amide bonds. The van der Waals surface area contributed by atoms with Crippen LogP contribution in [0.2, 0.25) is 0 Å². The van der Waals surface area contributed by atoms with Gasteiger partial charge in [-0.05, 0) is 24.3 Å². The molecule has 3 heterocycles. The van der Waals surface area contributed by atoms with Crippen molar-refractivity contribution in [1.82, 2.24) is 29.9 Å². The lowest BCUT2D eigenvalue weighted by Crippen LogP contribution is -2.15. The van der Waals surface area contributed by atoms with Crippen LogP contribution in [0, 0.1) is 0 Å². The summed E-state index contributed by atoms with van der Waals surface area (Å²) in [5.74, 6) is 0.567. The molecule has 1 N–H and O–H groups in total. The Balaban J connectivity index is 1.76. The van der Waals surface area contributed by atoms with Crippen molar-refractivity contribution in [2.45, 2.75) is 0 Å². The van der Waals surface area contributed by atoms with Gasteiger partial charge in [-0.3, -0.25) is 4.79 Å². The quantitative estimate of drug-likeness (QED) is 0.750. The van der Waals surface area contributed by atoms with E-state index in [2.05, 4.69) is 30.6 Å². The molecule has 98 valence electrons. The van der Waals surface area contributed by atoms with E-state index < -0.39 is 0 Å². The number of pyridine rings is 1. The van der Waals surface area contributed by atoms with E-state index in [0.29, 0.717) is 11.6 Å². The number of aromatic nitrogens is 6. The van der Waals surface area contributed by atoms with Gasteiger partial charge in [0.05, 0.1) is 0 Å². The van der Waals surface area contributed by atoms with Crippen molar-refractivity contribution >= 4 is 11.7 Å². The Kier molecular flexibility index (Phi) is 3.11. The Hall–Kier alpha value is -3.16. The van der Waals surface area contributed by atoms with Crippen LogP contribution >= 0.6 is 0 Å². The summed E-state index contributed by atoms with van der Waals surface area (Å²) in [5.41, 5.74) is 0.194. The first kappa shape index (κ1) is 11.9. The molecule has 0 aliphatic carbocycles. The van der Waals surface area contributed by atoms with E-state index in [-0.39, 0.29) is 11.6 Å². The van der Waals surface area contributed by atoms with Crippen LogP contribution in [0.5, 0.6) is 0 Å². The van der Waals surface area contributed by atoms with Gasteiger partial charge in [-0.15, -0.1) is 10.2 Å². The molecule has 0 aliphatic heterocycles. The summed E-state index contributed by atoms with van der Waals surface area (Å²) in [6, 6.07) is 8.43. The summed E-state index contributed by atoms with van der Waals surface area (Å²) in [4.78, 5) is 19.7. The lowest BCUT2D eigenvalue weighted by Gasteiger charge is -2.03. The molecule has 3 aromatic heterocycles. The van der Waals surface area contributed by atoms with Crippen LogP contribution in [0.3, 0.4) is 0 Å². The molecule has 0 atom stereocenters. The van der Waals surface area contributed by atoms with Gasteiger partial charge < -0.3 is 5.32 Å². The molecule has 0 spiro atoms. The van der Waals surface area contributed by atoms with Crippen LogP contribution in [-0.2, 0) is 0 Å². The first-order chi connectivity index (χ1) is 9.83. The predicted octanol–water partition coefficient (Wildman–Crippen LogP) is 0.705. The van der Waals surface area contributed by atoms with Crippen molar-refractivity contribution in [1.29, 1.82) is 0 Å². The smallest absolute Gasteiger partial charge is 0.277 e. The molecule has 8 heteroatoms. The number of carbonyl (C=O) groups is 1. The number of amides is 1. The molecule has 0 unspecified atom stereocenters. The minimum Gasteiger partial charge on any atom is -0.305 e. The Bertz CT molecular complexity index is 694. The molecular weight excluding hydrogens is 258 g/mol. The summed E-state index contributed by atoms with van der Waals surface area (Å²) < 4.78 is 1.45. The number of rotatable bonds is 3. The molecule has 20 heavy (non-hydrogen) atoms. The second kappa shape index (κ2) is 5.22. The highest BCUT2D eigenvalue weighted by atomic mass is 16.2. The van der Waals surface area contributed by atoms with Gasteiger partial charge in [-0.2, -0.15) is 5.10 Å². The number of hydrogen-bond donors (Lipinski definition) is 1. The van der Waals surface area contributed by atoms with Gasteiger partial charge >= 0.3 is 0 Å². The van der Waals surface area contributed by atoms with Crippen molar-refractivity contribution in [3.8, 4) is 5.82 Å². The minimum absolute atomic E-state index is 0.194. The maximum Gasteiger partial charge on any atom is 0.277 e. The summed E-state index contributed by atoms with van der Waals surface area (Å²) in [5, 5.41) is 14.3. The molecule has 0 aromatic carbocycles. The van der Waals surface area contributed by atoms with Gasteiger partial charge in [0, 0.05) is 6.20 Å². The zero-order chi connectivity index (χ0) is 13.8. The van der Waals surface area contributed by atoms with Crippen molar-refractivity contribution in [3.63, 3.8) is 0 Å². The molecule has 3 aromatic rings. The normalized spacial score (nSPS) is 10.2. The van der Waals surface area contributed by atoms with E-state index in [9.17, 15) is 4.79 Å². The third-order valence-electron chi connectivity index (χ3n) is 2.44. The number of carbonyl (C=O) groups excluding carboxylic acids is 1. The summed E-state index contributed by atoms with van der Waals surface area (Å²) in [6.07, 6.45) is 4.48.